The lowest BCUT2D eigenvalue weighted by atomic mass is 9.95. The molecule has 0 fully saturated rings. The molecular formula is C23H27N5O4S2. The van der Waals surface area contributed by atoms with Gasteiger partial charge in [0.05, 0.1) is 24.0 Å². The zero-order valence-corrected chi connectivity index (χ0v) is 20.3. The van der Waals surface area contributed by atoms with Crippen molar-refractivity contribution < 1.29 is 19.2 Å². The number of nitrogens with one attached hydrogen (secondary N) is 3. The molecule has 2 aromatic rings. The van der Waals surface area contributed by atoms with Crippen molar-refractivity contribution in [2.24, 2.45) is 11.5 Å². The zero-order chi connectivity index (χ0) is 24.4. The summed E-state index contributed by atoms with van der Waals surface area (Å²) in [5.41, 5.74) is 13.6. The highest BCUT2D eigenvalue weighted by atomic mass is 32.1. The van der Waals surface area contributed by atoms with E-state index >= 15 is 0 Å². The number of primary amides is 2. The predicted molar refractivity (Wildman–Crippen MR) is 133 cm³/mol. The number of hydrogen-bond acceptors (Lipinski definition) is 7. The minimum Gasteiger partial charge on any atom is -0.365 e. The van der Waals surface area contributed by atoms with Gasteiger partial charge in [0.2, 0.25) is 11.8 Å². The number of rotatable bonds is 8. The molecule has 11 heteroatoms. The number of hydrogen-bond donors (Lipinski definition) is 5. The second-order valence-corrected chi connectivity index (χ2v) is 10.8. The van der Waals surface area contributed by atoms with Crippen LogP contribution in [0.3, 0.4) is 0 Å². The summed E-state index contributed by atoms with van der Waals surface area (Å²) in [4.78, 5) is 51.2. The third kappa shape index (κ3) is 5.05. The van der Waals surface area contributed by atoms with E-state index in [2.05, 4.69) is 10.6 Å². The molecule has 0 aliphatic heterocycles. The molecule has 0 saturated heterocycles. The van der Waals surface area contributed by atoms with Crippen molar-refractivity contribution in [1.29, 1.82) is 5.41 Å². The van der Waals surface area contributed by atoms with Gasteiger partial charge in [0, 0.05) is 15.5 Å². The Balaban J connectivity index is 1.37. The van der Waals surface area contributed by atoms with E-state index in [0.717, 1.165) is 72.2 Å². The number of carbonyl (C=O) groups is 4. The molecule has 0 unspecified atom stereocenters. The Morgan fingerprint density at radius 2 is 1.09 bits per heavy atom. The Hall–Kier alpha value is -3.05. The molecule has 0 aromatic carbocycles. The second kappa shape index (κ2) is 10.1. The van der Waals surface area contributed by atoms with Gasteiger partial charge in [-0.25, -0.2) is 0 Å². The van der Waals surface area contributed by atoms with Crippen LogP contribution in [-0.2, 0) is 35.3 Å². The van der Waals surface area contributed by atoms with Crippen LogP contribution in [0.2, 0.25) is 0 Å². The first-order valence-corrected chi connectivity index (χ1v) is 12.9. The molecule has 0 saturated carbocycles. The van der Waals surface area contributed by atoms with Gasteiger partial charge in [-0.3, -0.25) is 19.2 Å². The molecule has 4 amide bonds. The van der Waals surface area contributed by atoms with Crippen molar-refractivity contribution in [2.45, 2.75) is 64.2 Å². The van der Waals surface area contributed by atoms with Gasteiger partial charge in [0.15, 0.2) is 0 Å². The van der Waals surface area contributed by atoms with Gasteiger partial charge >= 0.3 is 0 Å². The first-order valence-electron chi connectivity index (χ1n) is 11.3. The van der Waals surface area contributed by atoms with Crippen molar-refractivity contribution >= 4 is 62.0 Å². The van der Waals surface area contributed by atoms with E-state index in [4.69, 9.17) is 16.9 Å². The summed E-state index contributed by atoms with van der Waals surface area (Å²) in [6.07, 6.45) is 6.65. The molecule has 0 spiro atoms. The normalized spacial score (nSPS) is 14.6. The predicted octanol–water partition coefficient (Wildman–Crippen LogP) is 3.14. The second-order valence-electron chi connectivity index (χ2n) is 8.61. The third-order valence-corrected chi connectivity index (χ3v) is 8.50. The first kappa shape index (κ1) is 24.1. The van der Waals surface area contributed by atoms with Crippen LogP contribution in [-0.4, -0.2) is 29.3 Å². The van der Waals surface area contributed by atoms with Gasteiger partial charge in [-0.05, 0) is 62.5 Å². The molecule has 2 aliphatic carbocycles. The monoisotopic (exact) mass is 501 g/mol. The Morgan fingerprint density at radius 1 is 0.706 bits per heavy atom. The van der Waals surface area contributed by atoms with Gasteiger partial charge < -0.3 is 27.5 Å². The van der Waals surface area contributed by atoms with E-state index in [9.17, 15) is 19.2 Å². The minimum absolute atomic E-state index is 0.0844. The number of anilines is 2. The molecule has 34 heavy (non-hydrogen) atoms. The Morgan fingerprint density at radius 3 is 1.47 bits per heavy atom. The number of aryl methyl sites for hydroxylation is 2. The highest BCUT2D eigenvalue weighted by molar-refractivity contribution is 7.17. The average molecular weight is 502 g/mol. The molecule has 4 rings (SSSR count). The van der Waals surface area contributed by atoms with E-state index in [0.29, 0.717) is 21.1 Å². The molecule has 2 heterocycles. The SMILES string of the molecule is N=C(CC(=O)Nc1sc2c(c1C(N)=O)CCCC2)CC(=O)Nc1sc2c(c1C(N)=O)CCCC2. The standard InChI is InChI=1S/C23H27N5O4S2/c24-11(9-16(29)27-22-18(20(25)31)12-5-1-3-7-14(12)33-22)10-17(30)28-23-19(21(26)32)13-6-2-4-8-15(13)34-23/h24H,1-10H2,(H2,25,31)(H2,26,32)(H,27,29)(H,28,30). The lowest BCUT2D eigenvalue weighted by molar-refractivity contribution is -0.115. The lowest BCUT2D eigenvalue weighted by Gasteiger charge is -2.11. The van der Waals surface area contributed by atoms with Crippen LogP contribution >= 0.6 is 22.7 Å². The zero-order valence-electron chi connectivity index (χ0n) is 18.7. The Bertz CT molecular complexity index is 1110. The highest BCUT2D eigenvalue weighted by Crippen LogP contribution is 2.39. The smallest absolute Gasteiger partial charge is 0.251 e. The van der Waals surface area contributed by atoms with E-state index in [1.54, 1.807) is 0 Å². The summed E-state index contributed by atoms with van der Waals surface area (Å²) >= 11 is 2.71. The van der Waals surface area contributed by atoms with Gasteiger partial charge in [-0.1, -0.05) is 0 Å². The summed E-state index contributed by atoms with van der Waals surface area (Å²) in [5.74, 6) is -2.12. The van der Waals surface area contributed by atoms with Crippen LogP contribution < -0.4 is 22.1 Å². The number of thiophene rings is 2. The summed E-state index contributed by atoms with van der Waals surface area (Å²) in [7, 11) is 0. The molecule has 180 valence electrons. The quantitative estimate of drug-likeness (QED) is 0.350. The van der Waals surface area contributed by atoms with Crippen LogP contribution in [0.4, 0.5) is 10.0 Å². The van der Waals surface area contributed by atoms with Crippen LogP contribution in [0.15, 0.2) is 0 Å². The third-order valence-electron chi connectivity index (χ3n) is 6.09. The Labute approximate surface area is 204 Å². The fourth-order valence-corrected chi connectivity index (χ4v) is 7.24. The summed E-state index contributed by atoms with van der Waals surface area (Å²) in [6, 6.07) is 0. The molecule has 0 radical (unpaired) electrons. The first-order chi connectivity index (χ1) is 16.2. The van der Waals surface area contributed by atoms with Crippen molar-refractivity contribution in [3.05, 3.63) is 32.0 Å². The number of amides is 4. The van der Waals surface area contributed by atoms with E-state index in [1.807, 2.05) is 0 Å². The van der Waals surface area contributed by atoms with Crippen LogP contribution in [0, 0.1) is 5.41 Å². The molecule has 0 bridgehead atoms. The maximum atomic E-state index is 12.5. The van der Waals surface area contributed by atoms with Gasteiger partial charge in [-0.15, -0.1) is 22.7 Å². The molecule has 7 N–H and O–H groups in total. The molecule has 2 aromatic heterocycles. The fraction of sp³-hybridized carbons (Fsp3) is 0.435. The van der Waals surface area contributed by atoms with Crippen LogP contribution in [0.25, 0.3) is 0 Å². The summed E-state index contributed by atoms with van der Waals surface area (Å²) in [6.45, 7) is 0. The van der Waals surface area contributed by atoms with Crippen LogP contribution in [0.1, 0.15) is 80.1 Å². The van der Waals surface area contributed by atoms with E-state index < -0.39 is 23.6 Å². The average Bonchev–Trinajstić information content (AvgIpc) is 3.30. The molecule has 9 nitrogen and oxygen atoms in total. The maximum Gasteiger partial charge on any atom is 0.251 e. The van der Waals surface area contributed by atoms with Crippen molar-refractivity contribution in [3.8, 4) is 0 Å². The molecular weight excluding hydrogens is 474 g/mol. The van der Waals surface area contributed by atoms with Crippen LogP contribution in [0.5, 0.6) is 0 Å². The van der Waals surface area contributed by atoms with Gasteiger partial charge in [0.1, 0.15) is 10.0 Å². The van der Waals surface area contributed by atoms with Crippen molar-refractivity contribution in [1.82, 2.24) is 0 Å². The number of fused-ring (bicyclic) bond motifs is 2. The Kier molecular flexibility index (Phi) is 7.13. The minimum atomic E-state index is -0.576. The van der Waals surface area contributed by atoms with Gasteiger partial charge in [-0.2, -0.15) is 0 Å². The number of nitrogens with two attached hydrogens (primary N) is 2. The summed E-state index contributed by atoms with van der Waals surface area (Å²) < 4.78 is 0. The maximum absolute atomic E-state index is 12.5. The summed E-state index contributed by atoms with van der Waals surface area (Å²) in [5, 5.41) is 14.4. The largest absolute Gasteiger partial charge is 0.365 e. The lowest BCUT2D eigenvalue weighted by Crippen LogP contribution is -2.23. The topological polar surface area (TPSA) is 168 Å². The fourth-order valence-electron chi connectivity index (χ4n) is 4.62. The van der Waals surface area contributed by atoms with Crippen molar-refractivity contribution in [2.75, 3.05) is 10.6 Å². The highest BCUT2D eigenvalue weighted by Gasteiger charge is 2.27. The number of carbonyl (C=O) groups excluding carboxylic acids is 4. The van der Waals surface area contributed by atoms with Crippen molar-refractivity contribution in [3.63, 3.8) is 0 Å². The molecule has 0 atom stereocenters. The van der Waals surface area contributed by atoms with E-state index in [-0.39, 0.29) is 18.6 Å². The molecule has 2 aliphatic rings. The van der Waals surface area contributed by atoms with Gasteiger partial charge in [0.25, 0.3) is 11.8 Å². The van der Waals surface area contributed by atoms with E-state index in [1.165, 1.54) is 22.7 Å².